The summed E-state index contributed by atoms with van der Waals surface area (Å²) in [6.07, 6.45) is 3.23. The highest BCUT2D eigenvalue weighted by atomic mass is 32.1. The van der Waals surface area contributed by atoms with Gasteiger partial charge in [0.15, 0.2) is 5.69 Å². The second-order valence-corrected chi connectivity index (χ2v) is 4.91. The normalized spacial score (nSPS) is 27.8. The SMILES string of the molecule is O=C1NCC2C1CCCN2C(=O)c1cnsn1. The molecule has 1 aromatic rings. The molecule has 2 amide bonds. The molecule has 7 heteroatoms. The number of amides is 2. The van der Waals surface area contributed by atoms with E-state index in [0.29, 0.717) is 18.8 Å². The lowest BCUT2D eigenvalue weighted by Crippen LogP contribution is -2.48. The molecule has 1 N–H and O–H groups in total. The van der Waals surface area contributed by atoms with Crippen LogP contribution in [0.25, 0.3) is 0 Å². The fraction of sp³-hybridized carbons (Fsp3) is 0.600. The molecule has 3 heterocycles. The van der Waals surface area contributed by atoms with E-state index in [2.05, 4.69) is 14.1 Å². The van der Waals surface area contributed by atoms with Crippen LogP contribution in [0.1, 0.15) is 23.3 Å². The van der Waals surface area contributed by atoms with Gasteiger partial charge < -0.3 is 10.2 Å². The third kappa shape index (κ3) is 1.70. The van der Waals surface area contributed by atoms with E-state index in [1.807, 2.05) is 0 Å². The lowest BCUT2D eigenvalue weighted by atomic mass is 9.91. The molecule has 0 radical (unpaired) electrons. The number of nitrogens with zero attached hydrogens (tertiary/aromatic N) is 3. The zero-order chi connectivity index (χ0) is 11.8. The van der Waals surface area contributed by atoms with Gasteiger partial charge in [-0.1, -0.05) is 0 Å². The van der Waals surface area contributed by atoms with E-state index in [1.54, 1.807) is 4.90 Å². The molecule has 2 unspecified atom stereocenters. The van der Waals surface area contributed by atoms with E-state index in [-0.39, 0.29) is 23.8 Å². The van der Waals surface area contributed by atoms with Gasteiger partial charge in [-0.2, -0.15) is 8.75 Å². The topological polar surface area (TPSA) is 75.2 Å². The summed E-state index contributed by atoms with van der Waals surface area (Å²) in [5.74, 6) is -0.0758. The minimum Gasteiger partial charge on any atom is -0.354 e. The van der Waals surface area contributed by atoms with Crippen LogP contribution in [-0.4, -0.2) is 44.6 Å². The average molecular weight is 252 g/mol. The Balaban J connectivity index is 1.83. The smallest absolute Gasteiger partial charge is 0.275 e. The van der Waals surface area contributed by atoms with Crippen molar-refractivity contribution in [1.29, 1.82) is 0 Å². The van der Waals surface area contributed by atoms with E-state index in [0.717, 1.165) is 24.6 Å². The van der Waals surface area contributed by atoms with Crippen molar-refractivity contribution in [3.8, 4) is 0 Å². The molecule has 2 atom stereocenters. The van der Waals surface area contributed by atoms with Crippen LogP contribution in [-0.2, 0) is 4.79 Å². The number of hydrogen-bond acceptors (Lipinski definition) is 5. The Morgan fingerprint density at radius 1 is 1.59 bits per heavy atom. The summed E-state index contributed by atoms with van der Waals surface area (Å²) < 4.78 is 7.80. The molecule has 2 aliphatic rings. The molecule has 0 saturated carbocycles. The van der Waals surface area contributed by atoms with E-state index < -0.39 is 0 Å². The Bertz CT molecular complexity index is 447. The minimum atomic E-state index is -0.107. The first-order chi connectivity index (χ1) is 8.27. The van der Waals surface area contributed by atoms with Crippen LogP contribution in [0.4, 0.5) is 0 Å². The first-order valence-corrected chi connectivity index (χ1v) is 6.36. The van der Waals surface area contributed by atoms with Crippen molar-refractivity contribution in [1.82, 2.24) is 19.0 Å². The second-order valence-electron chi connectivity index (χ2n) is 4.35. The van der Waals surface area contributed by atoms with Gasteiger partial charge in [-0.25, -0.2) is 0 Å². The quantitative estimate of drug-likeness (QED) is 0.756. The lowest BCUT2D eigenvalue weighted by molar-refractivity contribution is -0.123. The van der Waals surface area contributed by atoms with Gasteiger partial charge in [0.25, 0.3) is 5.91 Å². The van der Waals surface area contributed by atoms with Gasteiger partial charge in [-0.3, -0.25) is 9.59 Å². The van der Waals surface area contributed by atoms with Gasteiger partial charge in [-0.05, 0) is 12.8 Å². The van der Waals surface area contributed by atoms with Gasteiger partial charge in [0.1, 0.15) is 0 Å². The summed E-state index contributed by atoms with van der Waals surface area (Å²) in [5.41, 5.74) is 0.384. The van der Waals surface area contributed by atoms with Crippen LogP contribution < -0.4 is 5.32 Å². The number of piperidine rings is 1. The third-order valence-corrected chi connectivity index (χ3v) is 3.92. The molecule has 3 rings (SSSR count). The number of likely N-dealkylation sites (tertiary alicyclic amines) is 1. The number of hydrogen-bond donors (Lipinski definition) is 1. The van der Waals surface area contributed by atoms with Crippen molar-refractivity contribution in [2.75, 3.05) is 13.1 Å². The fourth-order valence-electron chi connectivity index (χ4n) is 2.61. The molecule has 2 fully saturated rings. The maximum absolute atomic E-state index is 12.2. The minimum absolute atomic E-state index is 0.00884. The van der Waals surface area contributed by atoms with Crippen LogP contribution in [0.5, 0.6) is 0 Å². The highest BCUT2D eigenvalue weighted by Crippen LogP contribution is 2.28. The van der Waals surface area contributed by atoms with Gasteiger partial charge in [-0.15, -0.1) is 0 Å². The van der Waals surface area contributed by atoms with Crippen LogP contribution in [0.2, 0.25) is 0 Å². The molecule has 0 bridgehead atoms. The van der Waals surface area contributed by atoms with Crippen molar-refractivity contribution in [2.24, 2.45) is 5.92 Å². The molecule has 17 heavy (non-hydrogen) atoms. The highest BCUT2D eigenvalue weighted by molar-refractivity contribution is 6.99. The number of carbonyl (C=O) groups excluding carboxylic acids is 2. The summed E-state index contributed by atoms with van der Waals surface area (Å²) in [6.45, 7) is 1.26. The number of fused-ring (bicyclic) bond motifs is 1. The predicted octanol–water partition coefficient (Wildman–Crippen LogP) is -0.111. The Morgan fingerprint density at radius 3 is 3.24 bits per heavy atom. The van der Waals surface area contributed by atoms with E-state index >= 15 is 0 Å². The van der Waals surface area contributed by atoms with Crippen LogP contribution >= 0.6 is 11.7 Å². The van der Waals surface area contributed by atoms with Crippen LogP contribution in [0.15, 0.2) is 6.20 Å². The number of carbonyl (C=O) groups is 2. The van der Waals surface area contributed by atoms with Crippen molar-refractivity contribution < 1.29 is 9.59 Å². The zero-order valence-corrected chi connectivity index (χ0v) is 9.94. The van der Waals surface area contributed by atoms with Gasteiger partial charge >= 0.3 is 0 Å². The first kappa shape index (κ1) is 10.6. The molecule has 90 valence electrons. The molecule has 6 nitrogen and oxygen atoms in total. The molecule has 2 saturated heterocycles. The van der Waals surface area contributed by atoms with E-state index in [4.69, 9.17) is 0 Å². The maximum atomic E-state index is 12.2. The van der Waals surface area contributed by atoms with Crippen molar-refractivity contribution in [2.45, 2.75) is 18.9 Å². The lowest BCUT2D eigenvalue weighted by Gasteiger charge is -2.35. The van der Waals surface area contributed by atoms with E-state index in [9.17, 15) is 9.59 Å². The maximum Gasteiger partial charge on any atom is 0.275 e. The Hall–Kier alpha value is -1.50. The van der Waals surface area contributed by atoms with Gasteiger partial charge in [0.2, 0.25) is 5.91 Å². The van der Waals surface area contributed by atoms with Crippen molar-refractivity contribution >= 4 is 23.5 Å². The number of aromatic nitrogens is 2. The molecule has 1 aromatic heterocycles. The molecular formula is C10H12N4O2S. The summed E-state index contributed by atoms with van der Waals surface area (Å²) in [4.78, 5) is 25.6. The van der Waals surface area contributed by atoms with Crippen LogP contribution in [0.3, 0.4) is 0 Å². The average Bonchev–Trinajstić information content (AvgIpc) is 2.98. The molecule has 2 aliphatic heterocycles. The Kier molecular flexibility index (Phi) is 2.54. The largest absolute Gasteiger partial charge is 0.354 e. The zero-order valence-electron chi connectivity index (χ0n) is 9.13. The van der Waals surface area contributed by atoms with Crippen LogP contribution in [0, 0.1) is 5.92 Å². The number of rotatable bonds is 1. The Morgan fingerprint density at radius 2 is 2.47 bits per heavy atom. The summed E-state index contributed by atoms with van der Waals surface area (Å²) in [5, 5.41) is 2.83. The standard InChI is InChI=1S/C10H12N4O2S/c15-9-6-2-1-3-14(8(6)5-11-9)10(16)7-4-12-17-13-7/h4,6,8H,1-3,5H2,(H,11,15). The van der Waals surface area contributed by atoms with E-state index in [1.165, 1.54) is 6.20 Å². The van der Waals surface area contributed by atoms with Gasteiger partial charge in [0, 0.05) is 13.1 Å². The molecular weight excluding hydrogens is 240 g/mol. The molecule has 0 spiro atoms. The molecule has 0 aromatic carbocycles. The molecule has 0 aliphatic carbocycles. The summed E-state index contributed by atoms with van der Waals surface area (Å²) in [7, 11) is 0. The Labute approximate surface area is 102 Å². The number of nitrogens with one attached hydrogen (secondary N) is 1. The van der Waals surface area contributed by atoms with Crippen molar-refractivity contribution in [3.05, 3.63) is 11.9 Å². The predicted molar refractivity (Wildman–Crippen MR) is 60.5 cm³/mol. The second kappa shape index (κ2) is 4.06. The third-order valence-electron chi connectivity index (χ3n) is 3.44. The summed E-state index contributed by atoms with van der Waals surface area (Å²) >= 11 is 1.03. The highest BCUT2D eigenvalue weighted by Gasteiger charge is 2.43. The summed E-state index contributed by atoms with van der Waals surface area (Å²) in [6, 6.07) is -0.00884. The fourth-order valence-corrected chi connectivity index (χ4v) is 3.02. The van der Waals surface area contributed by atoms with Gasteiger partial charge in [0.05, 0.1) is 29.9 Å². The first-order valence-electron chi connectivity index (χ1n) is 5.63. The van der Waals surface area contributed by atoms with Crippen molar-refractivity contribution in [3.63, 3.8) is 0 Å². The monoisotopic (exact) mass is 252 g/mol.